The van der Waals surface area contributed by atoms with Crippen LogP contribution in [0.25, 0.3) is 0 Å². The van der Waals surface area contributed by atoms with Crippen molar-refractivity contribution in [2.45, 2.75) is 38.5 Å². The minimum Gasteiger partial charge on any atom is -0.265 e. The van der Waals surface area contributed by atoms with Gasteiger partial charge in [0.1, 0.15) is 11.0 Å². The monoisotopic (exact) mass is 273 g/mol. The van der Waals surface area contributed by atoms with Crippen LogP contribution in [0.4, 0.5) is 0 Å². The number of fused-ring (bicyclic) bond motifs is 1. The molecule has 0 bridgehead atoms. The van der Waals surface area contributed by atoms with E-state index in [2.05, 4.69) is 9.97 Å². The van der Waals surface area contributed by atoms with E-state index in [0.717, 1.165) is 36.3 Å². The first kappa shape index (κ1) is 12.5. The number of halogens is 1. The van der Waals surface area contributed by atoms with E-state index in [4.69, 9.17) is 16.6 Å². The summed E-state index contributed by atoms with van der Waals surface area (Å²) >= 11 is 6.32. The quantitative estimate of drug-likeness (QED) is 0.622. The summed E-state index contributed by atoms with van der Waals surface area (Å²) in [5.41, 5.74) is 3.49. The van der Waals surface area contributed by atoms with Crippen LogP contribution in [0.2, 0.25) is 5.15 Å². The Hall–Kier alpha value is -1.48. The third kappa shape index (κ3) is 2.92. The van der Waals surface area contributed by atoms with Crippen molar-refractivity contribution in [3.05, 3.63) is 52.3 Å². The predicted octanol–water partition coefficient (Wildman–Crippen LogP) is 3.38. The van der Waals surface area contributed by atoms with Crippen LogP contribution in [-0.2, 0) is 19.3 Å². The van der Waals surface area contributed by atoms with Gasteiger partial charge in [-0.25, -0.2) is 9.97 Å². The summed E-state index contributed by atoms with van der Waals surface area (Å²) in [6.07, 6.45) is 10.0. The predicted molar refractivity (Wildman–Crippen MR) is 75.3 cm³/mol. The second-order valence-corrected chi connectivity index (χ2v) is 5.31. The van der Waals surface area contributed by atoms with Crippen LogP contribution < -0.4 is 0 Å². The van der Waals surface area contributed by atoms with Crippen LogP contribution in [-0.4, -0.2) is 15.0 Å². The fourth-order valence-corrected chi connectivity index (χ4v) is 2.84. The van der Waals surface area contributed by atoms with Gasteiger partial charge in [-0.3, -0.25) is 4.98 Å². The molecule has 0 saturated carbocycles. The first-order chi connectivity index (χ1) is 9.33. The molecule has 0 radical (unpaired) electrons. The number of nitrogens with zero attached hydrogens (tertiary/aromatic N) is 3. The van der Waals surface area contributed by atoms with Gasteiger partial charge >= 0.3 is 0 Å². The van der Waals surface area contributed by atoms with Crippen molar-refractivity contribution in [1.29, 1.82) is 0 Å². The lowest BCUT2D eigenvalue weighted by Crippen LogP contribution is -2.05. The molecule has 0 aromatic carbocycles. The number of rotatable bonds is 2. The van der Waals surface area contributed by atoms with Gasteiger partial charge in [0.25, 0.3) is 0 Å². The molecule has 19 heavy (non-hydrogen) atoms. The number of aryl methyl sites for hydroxylation is 1. The molecule has 1 aliphatic carbocycles. The first-order valence-electron chi connectivity index (χ1n) is 6.76. The molecule has 3 rings (SSSR count). The van der Waals surface area contributed by atoms with Gasteiger partial charge < -0.3 is 0 Å². The van der Waals surface area contributed by atoms with E-state index in [1.807, 2.05) is 12.1 Å². The third-order valence-electron chi connectivity index (χ3n) is 3.54. The largest absolute Gasteiger partial charge is 0.265 e. The molecule has 0 amide bonds. The molecule has 2 aromatic heterocycles. The second-order valence-electron chi connectivity index (χ2n) is 4.95. The fourth-order valence-electron chi connectivity index (χ4n) is 2.54. The van der Waals surface area contributed by atoms with Crippen molar-refractivity contribution in [3.63, 3.8) is 0 Å². The van der Waals surface area contributed by atoms with Crippen molar-refractivity contribution < 1.29 is 0 Å². The van der Waals surface area contributed by atoms with E-state index >= 15 is 0 Å². The Morgan fingerprint density at radius 2 is 1.79 bits per heavy atom. The Morgan fingerprint density at radius 1 is 1.00 bits per heavy atom. The molecule has 0 fully saturated rings. The molecule has 98 valence electrons. The number of hydrogen-bond donors (Lipinski definition) is 0. The summed E-state index contributed by atoms with van der Waals surface area (Å²) in [5, 5.41) is 0.649. The maximum Gasteiger partial charge on any atom is 0.136 e. The lowest BCUT2D eigenvalue weighted by atomic mass is 10.1. The van der Waals surface area contributed by atoms with Crippen LogP contribution in [0, 0.1) is 0 Å². The zero-order valence-electron chi connectivity index (χ0n) is 10.8. The van der Waals surface area contributed by atoms with E-state index < -0.39 is 0 Å². The van der Waals surface area contributed by atoms with E-state index in [1.54, 1.807) is 12.4 Å². The molecule has 2 aromatic rings. The topological polar surface area (TPSA) is 38.7 Å². The molecular weight excluding hydrogens is 258 g/mol. The Kier molecular flexibility index (Phi) is 3.74. The minimum absolute atomic E-state index is 0.649. The van der Waals surface area contributed by atoms with Crippen molar-refractivity contribution in [2.24, 2.45) is 0 Å². The van der Waals surface area contributed by atoms with E-state index in [0.29, 0.717) is 5.15 Å². The van der Waals surface area contributed by atoms with Crippen molar-refractivity contribution >= 4 is 11.6 Å². The summed E-state index contributed by atoms with van der Waals surface area (Å²) in [4.78, 5) is 13.2. The summed E-state index contributed by atoms with van der Waals surface area (Å²) in [7, 11) is 0. The molecule has 4 heteroatoms. The maximum absolute atomic E-state index is 6.32. The molecule has 3 nitrogen and oxygen atoms in total. The van der Waals surface area contributed by atoms with Gasteiger partial charge in [0.2, 0.25) is 0 Å². The Labute approximate surface area is 118 Å². The van der Waals surface area contributed by atoms with Gasteiger partial charge in [-0.1, -0.05) is 18.0 Å². The van der Waals surface area contributed by atoms with Crippen LogP contribution in [0.3, 0.4) is 0 Å². The average Bonchev–Trinajstić information content (AvgIpc) is 2.65. The number of aromatic nitrogens is 3. The molecule has 0 aliphatic heterocycles. The van der Waals surface area contributed by atoms with E-state index in [-0.39, 0.29) is 0 Å². The molecule has 0 unspecified atom stereocenters. The highest BCUT2D eigenvalue weighted by Crippen LogP contribution is 2.25. The molecular formula is C15H16ClN3. The SMILES string of the molecule is Clc1nc(Cc2ccncc2)nc2c1CCCCC2. The normalized spacial score (nSPS) is 14.8. The summed E-state index contributed by atoms with van der Waals surface area (Å²) in [6, 6.07) is 3.98. The van der Waals surface area contributed by atoms with E-state index in [1.165, 1.54) is 24.8 Å². The molecule has 0 spiro atoms. The van der Waals surface area contributed by atoms with Crippen molar-refractivity contribution in [3.8, 4) is 0 Å². The molecule has 1 aliphatic rings. The van der Waals surface area contributed by atoms with Crippen molar-refractivity contribution in [2.75, 3.05) is 0 Å². The van der Waals surface area contributed by atoms with Gasteiger partial charge in [-0.2, -0.15) is 0 Å². The summed E-state index contributed by atoms with van der Waals surface area (Å²) < 4.78 is 0. The van der Waals surface area contributed by atoms with E-state index in [9.17, 15) is 0 Å². The second kappa shape index (κ2) is 5.66. The van der Waals surface area contributed by atoms with Gasteiger partial charge in [0.15, 0.2) is 0 Å². The Bertz CT molecular complexity index is 569. The molecule has 0 N–H and O–H groups in total. The highest BCUT2D eigenvalue weighted by atomic mass is 35.5. The molecule has 2 heterocycles. The Balaban J connectivity index is 1.91. The summed E-state index contributed by atoms with van der Waals surface area (Å²) in [5.74, 6) is 0.817. The average molecular weight is 274 g/mol. The molecule has 0 atom stereocenters. The minimum atomic E-state index is 0.649. The standard InChI is InChI=1S/C15H16ClN3/c16-15-12-4-2-1-3-5-13(12)18-14(19-15)10-11-6-8-17-9-7-11/h6-9H,1-5,10H2. The van der Waals surface area contributed by atoms with Gasteiger partial charge in [-0.05, 0) is 43.4 Å². The number of pyridine rings is 1. The maximum atomic E-state index is 6.32. The van der Waals surface area contributed by atoms with Crippen LogP contribution in [0.15, 0.2) is 24.5 Å². The Morgan fingerprint density at radius 3 is 2.63 bits per heavy atom. The zero-order chi connectivity index (χ0) is 13.1. The lowest BCUT2D eigenvalue weighted by molar-refractivity contribution is 0.708. The highest BCUT2D eigenvalue weighted by Gasteiger charge is 2.15. The zero-order valence-corrected chi connectivity index (χ0v) is 11.5. The third-order valence-corrected chi connectivity index (χ3v) is 3.85. The van der Waals surface area contributed by atoms with Gasteiger partial charge in [-0.15, -0.1) is 0 Å². The highest BCUT2D eigenvalue weighted by molar-refractivity contribution is 6.30. The van der Waals surface area contributed by atoms with Crippen LogP contribution >= 0.6 is 11.6 Å². The number of hydrogen-bond acceptors (Lipinski definition) is 3. The van der Waals surface area contributed by atoms with Crippen molar-refractivity contribution in [1.82, 2.24) is 15.0 Å². The lowest BCUT2D eigenvalue weighted by Gasteiger charge is -2.09. The van der Waals surface area contributed by atoms with Gasteiger partial charge in [0, 0.05) is 30.1 Å². The van der Waals surface area contributed by atoms with Crippen LogP contribution in [0.1, 0.15) is 41.9 Å². The van der Waals surface area contributed by atoms with Crippen LogP contribution in [0.5, 0.6) is 0 Å². The smallest absolute Gasteiger partial charge is 0.136 e. The summed E-state index contributed by atoms with van der Waals surface area (Å²) in [6.45, 7) is 0. The van der Waals surface area contributed by atoms with Gasteiger partial charge in [0.05, 0.1) is 0 Å². The molecule has 0 saturated heterocycles. The first-order valence-corrected chi connectivity index (χ1v) is 7.14. The fraction of sp³-hybridized carbons (Fsp3) is 0.400.